The number of phenols is 1. The Bertz CT molecular complexity index is 1550. The maximum Gasteiger partial charge on any atom is 0.325 e. The number of nitrogens with zero attached hydrogens (tertiary/aromatic N) is 1. The number of phenolic OH excluding ortho intramolecular Hbond substituents is 1. The van der Waals surface area contributed by atoms with Crippen LogP contribution in [0.4, 0.5) is 14.5 Å². The molecule has 11 heteroatoms. The van der Waals surface area contributed by atoms with Gasteiger partial charge in [0.1, 0.15) is 30.2 Å². The van der Waals surface area contributed by atoms with Crippen molar-refractivity contribution in [1.82, 2.24) is 0 Å². The van der Waals surface area contributed by atoms with Crippen molar-refractivity contribution in [2.45, 2.75) is 0 Å². The van der Waals surface area contributed by atoms with Gasteiger partial charge < -0.3 is 33.4 Å². The molecule has 2 heterocycles. The van der Waals surface area contributed by atoms with Crippen molar-refractivity contribution in [3.05, 3.63) is 64.3 Å². The molecule has 1 aliphatic carbocycles. The molecule has 0 saturated heterocycles. The first-order chi connectivity index (χ1) is 18.9. The summed E-state index contributed by atoms with van der Waals surface area (Å²) in [6.07, 6.45) is 0. The van der Waals surface area contributed by atoms with Crippen LogP contribution < -0.4 is 15.1 Å². The minimum absolute atomic E-state index is 0.0569. The normalized spacial score (nSPS) is 14.8. The monoisotopic (exact) mass is 541 g/mol. The predicted molar refractivity (Wildman–Crippen MR) is 137 cm³/mol. The van der Waals surface area contributed by atoms with E-state index in [9.17, 15) is 23.5 Å². The molecule has 3 aliphatic rings. The second-order valence-corrected chi connectivity index (χ2v) is 8.81. The van der Waals surface area contributed by atoms with E-state index in [0.717, 1.165) is 24.3 Å². The Morgan fingerprint density at radius 2 is 1.77 bits per heavy atom. The third-order valence-corrected chi connectivity index (χ3v) is 6.34. The smallest absolute Gasteiger partial charge is 0.325 e. The summed E-state index contributed by atoms with van der Waals surface area (Å²) in [6.45, 7) is 1.84. The average Bonchev–Trinajstić information content (AvgIpc) is 2.91. The van der Waals surface area contributed by atoms with E-state index in [1.165, 1.54) is 7.11 Å². The summed E-state index contributed by atoms with van der Waals surface area (Å²) in [5.41, 5.74) is 0.865. The van der Waals surface area contributed by atoms with Crippen molar-refractivity contribution >= 4 is 22.6 Å². The highest BCUT2D eigenvalue weighted by Crippen LogP contribution is 2.44. The molecule has 0 bridgehead atoms. The number of benzene rings is 3. The summed E-state index contributed by atoms with van der Waals surface area (Å²) >= 11 is 0. The number of halogens is 2. The average molecular weight is 542 g/mol. The maximum atomic E-state index is 14.5. The van der Waals surface area contributed by atoms with Gasteiger partial charge in [0.15, 0.2) is 17.4 Å². The van der Waals surface area contributed by atoms with Gasteiger partial charge in [0, 0.05) is 35.2 Å². The van der Waals surface area contributed by atoms with E-state index in [4.69, 9.17) is 23.4 Å². The fourth-order valence-corrected chi connectivity index (χ4v) is 4.47. The molecule has 0 spiro atoms. The Morgan fingerprint density at radius 3 is 2.56 bits per heavy atom. The van der Waals surface area contributed by atoms with Gasteiger partial charge >= 0.3 is 5.97 Å². The lowest BCUT2D eigenvalue weighted by Crippen LogP contribution is -2.34. The van der Waals surface area contributed by atoms with Gasteiger partial charge in [-0.05, 0) is 29.8 Å². The molecule has 0 unspecified atom stereocenters. The van der Waals surface area contributed by atoms with Crippen LogP contribution in [0.15, 0.2) is 51.7 Å². The van der Waals surface area contributed by atoms with Gasteiger partial charge in [0.2, 0.25) is 5.43 Å². The van der Waals surface area contributed by atoms with Crippen LogP contribution >= 0.6 is 0 Å². The maximum absolute atomic E-state index is 14.5. The van der Waals surface area contributed by atoms with Crippen LogP contribution in [0.25, 0.3) is 33.4 Å². The minimum Gasteiger partial charge on any atom is -0.505 e. The molecule has 9 nitrogen and oxygen atoms in total. The van der Waals surface area contributed by atoms with Crippen molar-refractivity contribution < 1.29 is 42.0 Å². The molecule has 0 amide bonds. The largest absolute Gasteiger partial charge is 0.505 e. The van der Waals surface area contributed by atoms with Gasteiger partial charge in [0.25, 0.3) is 0 Å². The third kappa shape index (κ3) is 5.50. The summed E-state index contributed by atoms with van der Waals surface area (Å²) in [4.78, 5) is 26.0. The Balaban J connectivity index is 1.72. The predicted octanol–water partition coefficient (Wildman–Crippen LogP) is 3.95. The van der Waals surface area contributed by atoms with Crippen LogP contribution in [-0.4, -0.2) is 64.3 Å². The number of carbonyl (C=O) groups is 1. The van der Waals surface area contributed by atoms with Crippen LogP contribution in [0.2, 0.25) is 0 Å². The van der Waals surface area contributed by atoms with Gasteiger partial charge in [-0.2, -0.15) is 0 Å². The van der Waals surface area contributed by atoms with Gasteiger partial charge in [0.05, 0.1) is 39.2 Å². The standard InChI is InChI=1S/C28H25F2NO8/c1-35-27(34)15-31-4-5-36-6-7-37-8-9-38-26-10-16(2-3-21(26)31)28-17-11-19(29)22(32)13-24(17)39-25-14-23(33)20(30)12-18(25)28/h2-3,10-14,32H,4-9,15H2,1H3. The molecule has 1 N–H and O–H groups in total. The second kappa shape index (κ2) is 11.3. The van der Waals surface area contributed by atoms with Gasteiger partial charge in [-0.25, -0.2) is 8.78 Å². The second-order valence-electron chi connectivity index (χ2n) is 8.81. The van der Waals surface area contributed by atoms with Crippen LogP contribution in [0, 0.1) is 11.6 Å². The van der Waals surface area contributed by atoms with Crippen molar-refractivity contribution in [2.24, 2.45) is 0 Å². The van der Waals surface area contributed by atoms with Crippen LogP contribution in [0.5, 0.6) is 11.5 Å². The summed E-state index contributed by atoms with van der Waals surface area (Å²) in [5.74, 6) is -2.56. The summed E-state index contributed by atoms with van der Waals surface area (Å²) < 4.78 is 56.8. The molecule has 0 fully saturated rings. The van der Waals surface area contributed by atoms with Gasteiger partial charge in [-0.3, -0.25) is 9.59 Å². The lowest BCUT2D eigenvalue weighted by Gasteiger charge is -2.27. The highest BCUT2D eigenvalue weighted by molar-refractivity contribution is 6.02. The number of anilines is 1. The molecule has 0 atom stereocenters. The fourth-order valence-electron chi connectivity index (χ4n) is 4.47. The minimum atomic E-state index is -0.999. The SMILES string of the molecule is COC(=O)CN1CCOCCOCCOc2cc(-c3c4cc(F)c(=O)cc-4oc4cc(O)c(F)cc34)ccc21. The first-order valence-corrected chi connectivity index (χ1v) is 12.2. The highest BCUT2D eigenvalue weighted by Gasteiger charge is 2.23. The molecule has 2 aliphatic heterocycles. The highest BCUT2D eigenvalue weighted by atomic mass is 19.1. The number of aromatic hydroxyl groups is 1. The molecule has 2 aromatic rings. The molecule has 204 valence electrons. The Kier molecular flexibility index (Phi) is 7.62. The number of methoxy groups -OCH3 is 1. The molecule has 2 aromatic carbocycles. The molecular weight excluding hydrogens is 516 g/mol. The molecule has 5 rings (SSSR count). The van der Waals surface area contributed by atoms with E-state index in [-0.39, 0.29) is 42.1 Å². The fraction of sp³-hybridized carbons (Fsp3) is 0.286. The van der Waals surface area contributed by atoms with E-state index in [1.807, 2.05) is 0 Å². The van der Waals surface area contributed by atoms with Gasteiger partial charge in [-0.1, -0.05) is 6.07 Å². The Morgan fingerprint density at radius 1 is 1.00 bits per heavy atom. The summed E-state index contributed by atoms with van der Waals surface area (Å²) in [6, 6.07) is 9.33. The zero-order chi connectivity index (χ0) is 27.5. The number of carbonyl (C=O) groups excluding carboxylic acids is 1. The molecular formula is C28H25F2NO8. The first-order valence-electron chi connectivity index (χ1n) is 12.2. The molecule has 0 aromatic heterocycles. The quantitative estimate of drug-likeness (QED) is 0.305. The lowest BCUT2D eigenvalue weighted by atomic mass is 9.93. The van der Waals surface area contributed by atoms with Gasteiger partial charge in [-0.15, -0.1) is 0 Å². The van der Waals surface area contributed by atoms with E-state index < -0.39 is 28.8 Å². The Labute approximate surface area is 221 Å². The summed E-state index contributed by atoms with van der Waals surface area (Å²) in [7, 11) is 1.30. The number of hydrogen-bond acceptors (Lipinski definition) is 9. The topological polar surface area (TPSA) is 108 Å². The third-order valence-electron chi connectivity index (χ3n) is 6.34. The van der Waals surface area contributed by atoms with Crippen LogP contribution in [0.1, 0.15) is 0 Å². The lowest BCUT2D eigenvalue weighted by molar-refractivity contribution is -0.139. The molecule has 0 radical (unpaired) electrons. The Hall–Kier alpha value is -4.22. The van der Waals surface area contributed by atoms with Crippen molar-refractivity contribution in [1.29, 1.82) is 0 Å². The van der Waals surface area contributed by atoms with E-state index >= 15 is 0 Å². The number of ether oxygens (including phenoxy) is 4. The van der Waals surface area contributed by atoms with Crippen LogP contribution in [-0.2, 0) is 19.0 Å². The number of esters is 1. The molecule has 39 heavy (non-hydrogen) atoms. The molecule has 0 saturated carbocycles. The summed E-state index contributed by atoms with van der Waals surface area (Å²) in [5, 5.41) is 10.2. The van der Waals surface area contributed by atoms with E-state index in [2.05, 4.69) is 0 Å². The zero-order valence-electron chi connectivity index (χ0n) is 21.0. The zero-order valence-corrected chi connectivity index (χ0v) is 21.0. The van der Waals surface area contributed by atoms with Crippen molar-refractivity contribution in [3.8, 4) is 33.9 Å². The van der Waals surface area contributed by atoms with Crippen molar-refractivity contribution in [3.63, 3.8) is 0 Å². The number of fused-ring (bicyclic) bond motifs is 3. The number of rotatable bonds is 3. The van der Waals surface area contributed by atoms with Crippen LogP contribution in [0.3, 0.4) is 0 Å². The van der Waals surface area contributed by atoms with Crippen molar-refractivity contribution in [2.75, 3.05) is 58.1 Å². The number of hydrogen-bond donors (Lipinski definition) is 1. The first kappa shape index (κ1) is 26.4. The van der Waals surface area contributed by atoms with E-state index in [1.54, 1.807) is 23.1 Å². The van der Waals surface area contributed by atoms with E-state index in [0.29, 0.717) is 48.9 Å².